The van der Waals surface area contributed by atoms with Gasteiger partial charge in [-0.1, -0.05) is 51.1 Å². The van der Waals surface area contributed by atoms with E-state index in [1.165, 1.54) is 16.2 Å². The van der Waals surface area contributed by atoms with Crippen LogP contribution in [-0.2, 0) is 12.8 Å². The highest BCUT2D eigenvalue weighted by molar-refractivity contribution is 7.17. The number of nitrogens with two attached hydrogens (primary N) is 1. The first-order chi connectivity index (χ1) is 13.7. The SMILES string of the molecule is CC(C)(C)[C@@H]1CCc2c(sc(NC(=O)c3ccc4ccccc4c3)c2C(N)=O)C1. The third kappa shape index (κ3) is 3.79. The van der Waals surface area contributed by atoms with Crippen molar-refractivity contribution >= 4 is 38.9 Å². The summed E-state index contributed by atoms with van der Waals surface area (Å²) in [5.74, 6) is -0.131. The third-order valence-corrected chi connectivity index (χ3v) is 7.14. The van der Waals surface area contributed by atoms with Crippen LogP contribution in [0, 0.1) is 11.3 Å². The Morgan fingerprint density at radius 1 is 1.10 bits per heavy atom. The number of hydrogen-bond acceptors (Lipinski definition) is 3. The van der Waals surface area contributed by atoms with Crippen LogP contribution in [0.15, 0.2) is 42.5 Å². The first kappa shape index (κ1) is 19.6. The van der Waals surface area contributed by atoms with Gasteiger partial charge in [0, 0.05) is 10.4 Å². The second kappa shape index (κ2) is 7.30. The number of nitrogens with one attached hydrogen (secondary N) is 1. The Balaban J connectivity index is 1.65. The molecule has 1 aliphatic carbocycles. The van der Waals surface area contributed by atoms with Gasteiger partial charge in [-0.15, -0.1) is 11.3 Å². The number of fused-ring (bicyclic) bond motifs is 2. The van der Waals surface area contributed by atoms with Crippen molar-refractivity contribution in [3.8, 4) is 0 Å². The number of hydrogen-bond donors (Lipinski definition) is 2. The average molecular weight is 407 g/mol. The summed E-state index contributed by atoms with van der Waals surface area (Å²) in [6.07, 6.45) is 2.79. The summed E-state index contributed by atoms with van der Waals surface area (Å²) in [4.78, 5) is 26.3. The van der Waals surface area contributed by atoms with Crippen LogP contribution in [0.3, 0.4) is 0 Å². The summed E-state index contributed by atoms with van der Waals surface area (Å²) < 4.78 is 0. The molecule has 0 bridgehead atoms. The maximum absolute atomic E-state index is 12.9. The van der Waals surface area contributed by atoms with Crippen LogP contribution in [0.5, 0.6) is 0 Å². The highest BCUT2D eigenvalue weighted by Gasteiger charge is 2.33. The van der Waals surface area contributed by atoms with Crippen LogP contribution in [0.4, 0.5) is 5.00 Å². The summed E-state index contributed by atoms with van der Waals surface area (Å²) in [5.41, 5.74) is 8.00. The van der Waals surface area contributed by atoms with E-state index >= 15 is 0 Å². The van der Waals surface area contributed by atoms with E-state index in [1.807, 2.05) is 42.5 Å². The van der Waals surface area contributed by atoms with Gasteiger partial charge in [0.15, 0.2) is 0 Å². The quantitative estimate of drug-likeness (QED) is 0.611. The van der Waals surface area contributed by atoms with Crippen LogP contribution >= 0.6 is 11.3 Å². The number of rotatable bonds is 3. The minimum absolute atomic E-state index is 0.211. The van der Waals surface area contributed by atoms with Crippen molar-refractivity contribution in [3.63, 3.8) is 0 Å². The molecule has 3 aromatic rings. The molecule has 0 saturated heterocycles. The lowest BCUT2D eigenvalue weighted by Gasteiger charge is -2.33. The van der Waals surface area contributed by atoms with Crippen LogP contribution in [0.2, 0.25) is 0 Å². The fourth-order valence-electron chi connectivity index (χ4n) is 4.18. The Hall–Kier alpha value is -2.66. The zero-order valence-electron chi connectivity index (χ0n) is 17.0. The van der Waals surface area contributed by atoms with Crippen molar-refractivity contribution in [1.29, 1.82) is 0 Å². The third-order valence-electron chi connectivity index (χ3n) is 5.98. The molecule has 1 aliphatic rings. The van der Waals surface area contributed by atoms with Gasteiger partial charge in [-0.2, -0.15) is 0 Å². The molecule has 5 heteroatoms. The van der Waals surface area contributed by atoms with Gasteiger partial charge < -0.3 is 11.1 Å². The predicted octanol–water partition coefficient (Wildman–Crippen LogP) is 5.40. The normalized spacial score (nSPS) is 16.4. The Kier molecular flexibility index (Phi) is 4.95. The largest absolute Gasteiger partial charge is 0.365 e. The standard InChI is InChI=1S/C24H26N2O2S/c1-24(2,3)17-10-11-18-19(13-17)29-23(20(18)21(25)27)26-22(28)16-9-8-14-6-4-5-7-15(14)12-16/h4-9,12,17H,10-11,13H2,1-3H3,(H2,25,27)(H,26,28)/t17-/m1/s1. The van der Waals surface area contributed by atoms with Crippen LogP contribution in [0.25, 0.3) is 10.8 Å². The molecular weight excluding hydrogens is 380 g/mol. The number of thiophene rings is 1. The number of anilines is 1. The number of benzene rings is 2. The summed E-state index contributed by atoms with van der Waals surface area (Å²) in [6, 6.07) is 13.5. The molecule has 0 unspecified atom stereocenters. The summed E-state index contributed by atoms with van der Waals surface area (Å²) in [5, 5.41) is 5.63. The minimum atomic E-state index is -0.467. The maximum atomic E-state index is 12.9. The number of amides is 2. The fraction of sp³-hybridized carbons (Fsp3) is 0.333. The number of primary amides is 1. The zero-order valence-corrected chi connectivity index (χ0v) is 17.9. The summed E-state index contributed by atoms with van der Waals surface area (Å²) in [7, 11) is 0. The lowest BCUT2D eigenvalue weighted by Crippen LogP contribution is -2.27. The number of carbonyl (C=O) groups excluding carboxylic acids is 2. The van der Waals surface area contributed by atoms with E-state index in [0.717, 1.165) is 35.6 Å². The lowest BCUT2D eigenvalue weighted by molar-refractivity contribution is 0.1000. The monoisotopic (exact) mass is 406 g/mol. The summed E-state index contributed by atoms with van der Waals surface area (Å²) >= 11 is 1.50. The van der Waals surface area contributed by atoms with Gasteiger partial charge in [0.1, 0.15) is 5.00 Å². The second-order valence-electron chi connectivity index (χ2n) is 8.89. The van der Waals surface area contributed by atoms with Gasteiger partial charge in [0.05, 0.1) is 5.56 Å². The molecule has 29 heavy (non-hydrogen) atoms. The van der Waals surface area contributed by atoms with E-state index in [9.17, 15) is 9.59 Å². The molecule has 0 saturated carbocycles. The van der Waals surface area contributed by atoms with E-state index < -0.39 is 5.91 Å². The zero-order chi connectivity index (χ0) is 20.8. The molecule has 150 valence electrons. The molecule has 4 nitrogen and oxygen atoms in total. The van der Waals surface area contributed by atoms with Crippen LogP contribution < -0.4 is 11.1 Å². The fourth-order valence-corrected chi connectivity index (χ4v) is 5.51. The van der Waals surface area contributed by atoms with E-state index in [1.54, 1.807) is 0 Å². The number of carbonyl (C=O) groups is 2. The van der Waals surface area contributed by atoms with Gasteiger partial charge in [0.2, 0.25) is 0 Å². The molecule has 0 radical (unpaired) electrons. The predicted molar refractivity (Wildman–Crippen MR) is 120 cm³/mol. The van der Waals surface area contributed by atoms with E-state index in [-0.39, 0.29) is 11.3 Å². The van der Waals surface area contributed by atoms with Gasteiger partial charge in [-0.05, 0) is 59.1 Å². The first-order valence-electron chi connectivity index (χ1n) is 9.98. The highest BCUT2D eigenvalue weighted by atomic mass is 32.1. The molecule has 2 amide bonds. The van der Waals surface area contributed by atoms with Crippen molar-refractivity contribution < 1.29 is 9.59 Å². The van der Waals surface area contributed by atoms with E-state index in [0.29, 0.717) is 22.0 Å². The van der Waals surface area contributed by atoms with Gasteiger partial charge in [0.25, 0.3) is 11.8 Å². The molecule has 2 aromatic carbocycles. The molecule has 1 heterocycles. The van der Waals surface area contributed by atoms with Gasteiger partial charge >= 0.3 is 0 Å². The Morgan fingerprint density at radius 2 is 1.83 bits per heavy atom. The summed E-state index contributed by atoms with van der Waals surface area (Å²) in [6.45, 7) is 6.77. The molecule has 1 atom stereocenters. The topological polar surface area (TPSA) is 72.2 Å². The van der Waals surface area contributed by atoms with Crippen molar-refractivity contribution in [2.45, 2.75) is 40.0 Å². The van der Waals surface area contributed by atoms with Crippen molar-refractivity contribution in [2.75, 3.05) is 5.32 Å². The molecule has 0 fully saturated rings. The highest BCUT2D eigenvalue weighted by Crippen LogP contribution is 2.44. The lowest BCUT2D eigenvalue weighted by atomic mass is 9.72. The van der Waals surface area contributed by atoms with Crippen LogP contribution in [-0.4, -0.2) is 11.8 Å². The van der Waals surface area contributed by atoms with Crippen molar-refractivity contribution in [2.24, 2.45) is 17.1 Å². The molecule has 0 aliphatic heterocycles. The second-order valence-corrected chi connectivity index (χ2v) is 10.00. The molecule has 3 N–H and O–H groups in total. The van der Waals surface area contributed by atoms with Gasteiger partial charge in [-0.25, -0.2) is 0 Å². The molecular formula is C24H26N2O2S. The average Bonchev–Trinajstić information content (AvgIpc) is 3.04. The van der Waals surface area contributed by atoms with E-state index in [2.05, 4.69) is 26.1 Å². The molecule has 4 rings (SSSR count). The maximum Gasteiger partial charge on any atom is 0.256 e. The first-order valence-corrected chi connectivity index (χ1v) is 10.8. The van der Waals surface area contributed by atoms with Crippen LogP contribution in [0.1, 0.15) is 58.3 Å². The van der Waals surface area contributed by atoms with Crippen molar-refractivity contribution in [1.82, 2.24) is 0 Å². The Bertz CT molecular complexity index is 1110. The minimum Gasteiger partial charge on any atom is -0.365 e. The van der Waals surface area contributed by atoms with Crippen molar-refractivity contribution in [3.05, 3.63) is 64.0 Å². The molecule has 1 aromatic heterocycles. The van der Waals surface area contributed by atoms with E-state index in [4.69, 9.17) is 5.73 Å². The van der Waals surface area contributed by atoms with Gasteiger partial charge in [-0.3, -0.25) is 9.59 Å². The Labute approximate surface area is 175 Å². The smallest absolute Gasteiger partial charge is 0.256 e. The Morgan fingerprint density at radius 3 is 2.52 bits per heavy atom. The molecule has 0 spiro atoms.